The van der Waals surface area contributed by atoms with Gasteiger partial charge in [-0.3, -0.25) is 0 Å². The molecule has 1 fully saturated rings. The highest BCUT2D eigenvalue weighted by atomic mass is 16.3. The van der Waals surface area contributed by atoms with E-state index in [0.717, 1.165) is 24.3 Å². The van der Waals surface area contributed by atoms with Gasteiger partial charge >= 0.3 is 0 Å². The van der Waals surface area contributed by atoms with Crippen LogP contribution >= 0.6 is 0 Å². The van der Waals surface area contributed by atoms with Crippen LogP contribution in [0.25, 0.3) is 0 Å². The van der Waals surface area contributed by atoms with Crippen molar-refractivity contribution in [2.45, 2.75) is 12.5 Å². The van der Waals surface area contributed by atoms with Gasteiger partial charge in [0, 0.05) is 17.9 Å². The molecule has 13 heavy (non-hydrogen) atoms. The maximum atomic E-state index is 9.01. The zero-order valence-corrected chi connectivity index (χ0v) is 7.48. The number of benzene rings is 1. The lowest BCUT2D eigenvalue weighted by Gasteiger charge is -2.41. The first-order valence-corrected chi connectivity index (χ1v) is 4.54. The van der Waals surface area contributed by atoms with E-state index in [2.05, 4.69) is 4.90 Å². The van der Waals surface area contributed by atoms with Crippen LogP contribution in [0.4, 0.5) is 11.4 Å². The Balaban J connectivity index is 2.12. The Morgan fingerprint density at radius 3 is 2.54 bits per heavy atom. The lowest BCUT2D eigenvalue weighted by Crippen LogP contribution is -2.49. The van der Waals surface area contributed by atoms with Gasteiger partial charge in [0.25, 0.3) is 0 Å². The summed E-state index contributed by atoms with van der Waals surface area (Å²) < 4.78 is 0. The molecule has 1 unspecified atom stereocenters. The zero-order valence-electron chi connectivity index (χ0n) is 7.48. The summed E-state index contributed by atoms with van der Waals surface area (Å²) in [4.78, 5) is 2.19. The fourth-order valence-electron chi connectivity index (χ4n) is 1.64. The summed E-state index contributed by atoms with van der Waals surface area (Å²) >= 11 is 0. The Bertz CT molecular complexity index is 281. The number of rotatable bonds is 2. The van der Waals surface area contributed by atoms with Crippen molar-refractivity contribution in [1.29, 1.82) is 0 Å². The second-order valence-electron chi connectivity index (χ2n) is 3.41. The monoisotopic (exact) mass is 178 g/mol. The predicted molar refractivity (Wildman–Crippen MR) is 53.7 cm³/mol. The van der Waals surface area contributed by atoms with E-state index in [4.69, 9.17) is 10.8 Å². The van der Waals surface area contributed by atoms with E-state index in [-0.39, 0.29) is 6.61 Å². The normalized spacial score (nSPS) is 21.3. The van der Waals surface area contributed by atoms with E-state index < -0.39 is 0 Å². The molecule has 3 N–H and O–H groups in total. The van der Waals surface area contributed by atoms with E-state index >= 15 is 0 Å². The third kappa shape index (κ3) is 1.47. The van der Waals surface area contributed by atoms with Gasteiger partial charge in [0.2, 0.25) is 0 Å². The summed E-state index contributed by atoms with van der Waals surface area (Å²) in [7, 11) is 0. The average Bonchev–Trinajstić information content (AvgIpc) is 2.08. The molecule has 2 rings (SSSR count). The number of aliphatic hydroxyl groups excluding tert-OH is 1. The van der Waals surface area contributed by atoms with Gasteiger partial charge in [-0.15, -0.1) is 0 Å². The highest BCUT2D eigenvalue weighted by molar-refractivity contribution is 5.55. The smallest absolute Gasteiger partial charge is 0.0635 e. The number of anilines is 2. The minimum Gasteiger partial charge on any atom is -0.399 e. The van der Waals surface area contributed by atoms with E-state index in [9.17, 15) is 0 Å². The van der Waals surface area contributed by atoms with E-state index in [1.807, 2.05) is 24.3 Å². The highest BCUT2D eigenvalue weighted by Gasteiger charge is 2.26. The molecular weight excluding hydrogens is 164 g/mol. The molecular formula is C10H14N2O. The lowest BCUT2D eigenvalue weighted by molar-refractivity contribution is 0.226. The molecule has 3 heteroatoms. The van der Waals surface area contributed by atoms with Crippen LogP contribution in [-0.2, 0) is 0 Å². The van der Waals surface area contributed by atoms with Gasteiger partial charge in [0.1, 0.15) is 0 Å². The van der Waals surface area contributed by atoms with Crippen molar-refractivity contribution >= 4 is 11.4 Å². The molecule has 0 spiro atoms. The van der Waals surface area contributed by atoms with Crippen LogP contribution in [0.2, 0.25) is 0 Å². The van der Waals surface area contributed by atoms with Gasteiger partial charge in [-0.2, -0.15) is 0 Å². The maximum Gasteiger partial charge on any atom is 0.0635 e. The molecule has 1 aliphatic rings. The van der Waals surface area contributed by atoms with Crippen LogP contribution in [0.3, 0.4) is 0 Å². The number of aliphatic hydroxyl groups is 1. The number of hydrogen-bond acceptors (Lipinski definition) is 3. The van der Waals surface area contributed by atoms with Crippen LogP contribution in [0.1, 0.15) is 6.42 Å². The Kier molecular flexibility index (Phi) is 2.10. The quantitative estimate of drug-likeness (QED) is 0.660. The van der Waals surface area contributed by atoms with Crippen LogP contribution in [0.15, 0.2) is 24.3 Å². The molecule has 0 aliphatic carbocycles. The van der Waals surface area contributed by atoms with Crippen molar-refractivity contribution in [1.82, 2.24) is 0 Å². The molecule has 1 aromatic carbocycles. The number of nitrogen functional groups attached to an aromatic ring is 1. The third-order valence-corrected chi connectivity index (χ3v) is 2.58. The average molecular weight is 178 g/mol. The van der Waals surface area contributed by atoms with Gasteiger partial charge in [-0.25, -0.2) is 0 Å². The van der Waals surface area contributed by atoms with Gasteiger partial charge in [-0.05, 0) is 30.7 Å². The van der Waals surface area contributed by atoms with Crippen molar-refractivity contribution < 1.29 is 5.11 Å². The summed E-state index contributed by atoms with van der Waals surface area (Å²) in [6.45, 7) is 1.28. The Morgan fingerprint density at radius 1 is 1.38 bits per heavy atom. The van der Waals surface area contributed by atoms with Crippen LogP contribution in [0.5, 0.6) is 0 Å². The van der Waals surface area contributed by atoms with E-state index in [1.165, 1.54) is 0 Å². The molecule has 0 radical (unpaired) electrons. The third-order valence-electron chi connectivity index (χ3n) is 2.58. The lowest BCUT2D eigenvalue weighted by atomic mass is 10.0. The molecule has 1 atom stereocenters. The van der Waals surface area contributed by atoms with Gasteiger partial charge in [0.05, 0.1) is 12.6 Å². The first-order valence-electron chi connectivity index (χ1n) is 4.54. The Labute approximate surface area is 77.8 Å². The van der Waals surface area contributed by atoms with Gasteiger partial charge < -0.3 is 15.7 Å². The minimum atomic E-state index is 0.240. The second kappa shape index (κ2) is 3.26. The second-order valence-corrected chi connectivity index (χ2v) is 3.41. The number of nitrogens with two attached hydrogens (primary N) is 1. The fraction of sp³-hybridized carbons (Fsp3) is 0.400. The van der Waals surface area contributed by atoms with Crippen LogP contribution in [0, 0.1) is 0 Å². The van der Waals surface area contributed by atoms with E-state index in [1.54, 1.807) is 0 Å². The minimum absolute atomic E-state index is 0.240. The topological polar surface area (TPSA) is 49.5 Å². The Morgan fingerprint density at radius 2 is 2.08 bits per heavy atom. The molecule has 0 saturated carbocycles. The Hall–Kier alpha value is -1.22. The van der Waals surface area contributed by atoms with Crippen molar-refractivity contribution in [2.24, 2.45) is 0 Å². The van der Waals surface area contributed by atoms with Gasteiger partial charge in [-0.1, -0.05) is 0 Å². The first-order chi connectivity index (χ1) is 6.31. The van der Waals surface area contributed by atoms with Gasteiger partial charge in [0.15, 0.2) is 0 Å². The zero-order chi connectivity index (χ0) is 9.26. The molecule has 0 bridgehead atoms. The van der Waals surface area contributed by atoms with E-state index in [0.29, 0.717) is 6.04 Å². The molecule has 3 nitrogen and oxygen atoms in total. The molecule has 1 saturated heterocycles. The van der Waals surface area contributed by atoms with Crippen molar-refractivity contribution in [3.8, 4) is 0 Å². The molecule has 0 amide bonds. The predicted octanol–water partition coefficient (Wildman–Crippen LogP) is 0.840. The largest absolute Gasteiger partial charge is 0.399 e. The first kappa shape index (κ1) is 8.38. The SMILES string of the molecule is Nc1ccc(N2CCC2CO)cc1. The molecule has 1 aliphatic heterocycles. The molecule has 70 valence electrons. The molecule has 1 heterocycles. The standard InChI is InChI=1S/C10H14N2O/c11-8-1-3-9(4-2-8)12-6-5-10(12)7-13/h1-4,10,13H,5-7,11H2. The van der Waals surface area contributed by atoms with Crippen molar-refractivity contribution in [2.75, 3.05) is 23.8 Å². The highest BCUT2D eigenvalue weighted by Crippen LogP contribution is 2.26. The molecule has 0 aromatic heterocycles. The van der Waals surface area contributed by atoms with Crippen molar-refractivity contribution in [3.05, 3.63) is 24.3 Å². The van der Waals surface area contributed by atoms with Crippen molar-refractivity contribution in [3.63, 3.8) is 0 Å². The maximum absolute atomic E-state index is 9.01. The summed E-state index contributed by atoms with van der Waals surface area (Å²) in [5.41, 5.74) is 7.52. The van der Waals surface area contributed by atoms with Crippen LogP contribution in [-0.4, -0.2) is 24.3 Å². The summed E-state index contributed by atoms with van der Waals surface area (Å²) in [6, 6.07) is 8.09. The fourth-order valence-corrected chi connectivity index (χ4v) is 1.64. The number of nitrogens with zero attached hydrogens (tertiary/aromatic N) is 1. The number of hydrogen-bond donors (Lipinski definition) is 2. The summed E-state index contributed by atoms with van der Waals surface area (Å²) in [6.07, 6.45) is 1.08. The summed E-state index contributed by atoms with van der Waals surface area (Å²) in [5.74, 6) is 0. The summed E-state index contributed by atoms with van der Waals surface area (Å²) in [5, 5.41) is 9.01. The molecule has 1 aromatic rings. The van der Waals surface area contributed by atoms with Crippen LogP contribution < -0.4 is 10.6 Å².